The monoisotopic (exact) mass is 598 g/mol. The zero-order valence-electron chi connectivity index (χ0n) is 25.3. The first-order chi connectivity index (χ1) is 23.3. The van der Waals surface area contributed by atoms with E-state index in [1.54, 1.807) is 0 Å². The smallest absolute Gasteiger partial charge is 0.0992 e. The molecule has 0 aliphatic rings. The number of benzene rings is 7. The van der Waals surface area contributed by atoms with Crippen LogP contribution in [-0.2, 0) is 0 Å². The van der Waals surface area contributed by atoms with Crippen LogP contribution >= 0.6 is 0 Å². The van der Waals surface area contributed by atoms with Crippen LogP contribution in [-0.4, -0.2) is 13.7 Å². The van der Waals surface area contributed by atoms with Gasteiger partial charge in [-0.1, -0.05) is 91.0 Å². The van der Waals surface area contributed by atoms with Crippen LogP contribution in [0.1, 0.15) is 5.56 Å². The normalized spacial score (nSPS) is 11.8. The van der Waals surface area contributed by atoms with Crippen LogP contribution < -0.4 is 0 Å². The minimum absolute atomic E-state index is 0.643. The number of para-hydroxylation sites is 4. The molecule has 0 bridgehead atoms. The van der Waals surface area contributed by atoms with Crippen molar-refractivity contribution in [2.24, 2.45) is 0 Å². The zero-order chi connectivity index (χ0) is 31.1. The Morgan fingerprint density at radius 1 is 0.362 bits per heavy atom. The fourth-order valence-corrected chi connectivity index (χ4v) is 7.70. The summed E-state index contributed by atoms with van der Waals surface area (Å²) in [5, 5.41) is 17.1. The molecule has 0 aliphatic heterocycles. The van der Waals surface area contributed by atoms with Crippen molar-refractivity contribution in [1.29, 1.82) is 5.26 Å². The second-order valence-corrected chi connectivity index (χ2v) is 12.1. The topological polar surface area (TPSA) is 38.6 Å². The van der Waals surface area contributed by atoms with Crippen LogP contribution in [0, 0.1) is 11.3 Å². The molecule has 0 radical (unpaired) electrons. The van der Waals surface area contributed by atoms with Gasteiger partial charge in [-0.2, -0.15) is 5.26 Å². The first kappa shape index (κ1) is 25.7. The average Bonchev–Trinajstić information content (AvgIpc) is 3.77. The molecule has 0 saturated heterocycles. The molecule has 0 amide bonds. The minimum atomic E-state index is 0.643. The molecule has 4 heteroatoms. The highest BCUT2D eigenvalue weighted by atomic mass is 15.0. The molecule has 0 saturated carbocycles. The van der Waals surface area contributed by atoms with Crippen LogP contribution in [0.3, 0.4) is 0 Å². The molecular weight excluding hydrogens is 573 g/mol. The Kier molecular flexibility index (Phi) is 5.32. The largest absolute Gasteiger partial charge is 0.309 e. The maximum Gasteiger partial charge on any atom is 0.0992 e. The van der Waals surface area contributed by atoms with Crippen molar-refractivity contribution in [3.05, 3.63) is 163 Å². The van der Waals surface area contributed by atoms with Crippen molar-refractivity contribution >= 4 is 65.4 Å². The summed E-state index contributed by atoms with van der Waals surface area (Å²) in [6.07, 6.45) is 0. The highest BCUT2D eigenvalue weighted by Gasteiger charge is 2.22. The first-order valence-corrected chi connectivity index (χ1v) is 15.8. The molecule has 10 rings (SSSR count). The Morgan fingerprint density at radius 2 is 0.894 bits per heavy atom. The van der Waals surface area contributed by atoms with E-state index in [0.717, 1.165) is 55.4 Å². The number of aromatic nitrogens is 3. The van der Waals surface area contributed by atoms with Crippen LogP contribution in [0.4, 0.5) is 0 Å². The van der Waals surface area contributed by atoms with E-state index in [4.69, 9.17) is 0 Å². The lowest BCUT2D eigenvalue weighted by Gasteiger charge is -2.12. The fraction of sp³-hybridized carbons (Fsp3) is 0. The number of nitrogens with zero attached hydrogens (tertiary/aromatic N) is 4. The van der Waals surface area contributed by atoms with E-state index >= 15 is 0 Å². The van der Waals surface area contributed by atoms with Gasteiger partial charge in [-0.3, -0.25) is 0 Å². The zero-order valence-corrected chi connectivity index (χ0v) is 25.3. The summed E-state index contributed by atoms with van der Waals surface area (Å²) in [7, 11) is 0. The lowest BCUT2D eigenvalue weighted by molar-refractivity contribution is 1.16. The Bertz CT molecular complexity index is 2900. The van der Waals surface area contributed by atoms with Gasteiger partial charge in [0.25, 0.3) is 0 Å². The van der Waals surface area contributed by atoms with Crippen LogP contribution in [0.2, 0.25) is 0 Å². The van der Waals surface area contributed by atoms with Crippen LogP contribution in [0.5, 0.6) is 0 Å². The summed E-state index contributed by atoms with van der Waals surface area (Å²) in [5.74, 6) is 0. The van der Waals surface area contributed by atoms with Gasteiger partial charge in [0, 0.05) is 49.4 Å². The molecule has 0 N–H and O–H groups in total. The molecular formula is C43H26N4. The van der Waals surface area contributed by atoms with Crippen molar-refractivity contribution in [1.82, 2.24) is 13.7 Å². The Labute approximate surface area is 270 Å². The maximum atomic E-state index is 9.99. The summed E-state index contributed by atoms with van der Waals surface area (Å²) in [6, 6.07) is 58.2. The highest BCUT2D eigenvalue weighted by Crippen LogP contribution is 2.43. The van der Waals surface area contributed by atoms with Gasteiger partial charge in [0.1, 0.15) is 0 Å². The molecule has 218 valence electrons. The molecule has 47 heavy (non-hydrogen) atoms. The van der Waals surface area contributed by atoms with Gasteiger partial charge in [-0.25, -0.2) is 0 Å². The van der Waals surface area contributed by atoms with Crippen LogP contribution in [0.25, 0.3) is 82.5 Å². The van der Waals surface area contributed by atoms with Gasteiger partial charge >= 0.3 is 0 Å². The molecule has 0 spiro atoms. The van der Waals surface area contributed by atoms with Crippen molar-refractivity contribution in [2.45, 2.75) is 0 Å². The lowest BCUT2D eigenvalue weighted by atomic mass is 10.1. The molecule has 3 aromatic heterocycles. The van der Waals surface area contributed by atoms with E-state index in [-0.39, 0.29) is 0 Å². The molecule has 0 unspecified atom stereocenters. The third-order valence-electron chi connectivity index (χ3n) is 9.64. The minimum Gasteiger partial charge on any atom is -0.309 e. The predicted octanol–water partition coefficient (Wildman–Crippen LogP) is 10.8. The summed E-state index contributed by atoms with van der Waals surface area (Å²) >= 11 is 0. The fourth-order valence-electron chi connectivity index (χ4n) is 7.70. The standard InChI is InChI=1S/C43H26N4/c44-27-28-19-21-34-35-23-24-39-42(36-16-8-10-18-38(36)45(39)29-11-3-1-4-12-29)43(35)47(40(34)25-28)31-20-22-33-32-15-7-9-17-37(32)46(41(33)26-31)30-13-5-2-6-14-30/h1-26H. The lowest BCUT2D eigenvalue weighted by Crippen LogP contribution is -1.97. The first-order valence-electron chi connectivity index (χ1n) is 15.8. The van der Waals surface area contributed by atoms with E-state index in [1.165, 1.54) is 27.1 Å². The Morgan fingerprint density at radius 3 is 1.62 bits per heavy atom. The number of hydrogen-bond acceptors (Lipinski definition) is 1. The second-order valence-electron chi connectivity index (χ2n) is 12.1. The number of rotatable bonds is 3. The van der Waals surface area contributed by atoms with E-state index in [9.17, 15) is 5.26 Å². The molecule has 7 aromatic carbocycles. The highest BCUT2D eigenvalue weighted by molar-refractivity contribution is 6.26. The molecule has 0 fully saturated rings. The van der Waals surface area contributed by atoms with Gasteiger partial charge in [0.15, 0.2) is 0 Å². The number of hydrogen-bond donors (Lipinski definition) is 0. The summed E-state index contributed by atoms with van der Waals surface area (Å²) in [5.41, 5.74) is 10.7. The Balaban J connectivity index is 1.39. The van der Waals surface area contributed by atoms with Crippen molar-refractivity contribution in [2.75, 3.05) is 0 Å². The van der Waals surface area contributed by atoms with Gasteiger partial charge in [0.05, 0.1) is 44.7 Å². The molecule has 3 heterocycles. The molecule has 10 aromatic rings. The SMILES string of the molecule is N#Cc1ccc2c3ccc4c(c5ccccc5n4-c4ccccc4)c3n(-c3ccc4c5ccccc5n(-c5ccccc5)c4c3)c2c1. The second kappa shape index (κ2) is 9.71. The van der Waals surface area contributed by atoms with Gasteiger partial charge in [0.2, 0.25) is 0 Å². The predicted molar refractivity (Wildman–Crippen MR) is 194 cm³/mol. The summed E-state index contributed by atoms with van der Waals surface area (Å²) in [4.78, 5) is 0. The third kappa shape index (κ3) is 3.57. The van der Waals surface area contributed by atoms with E-state index < -0.39 is 0 Å². The third-order valence-corrected chi connectivity index (χ3v) is 9.64. The molecule has 0 atom stereocenters. The van der Waals surface area contributed by atoms with Crippen molar-refractivity contribution < 1.29 is 0 Å². The average molecular weight is 599 g/mol. The van der Waals surface area contributed by atoms with Crippen molar-refractivity contribution in [3.63, 3.8) is 0 Å². The van der Waals surface area contributed by atoms with Crippen LogP contribution in [0.15, 0.2) is 158 Å². The molecule has 0 aliphatic carbocycles. The van der Waals surface area contributed by atoms with Gasteiger partial charge in [-0.05, 0) is 66.7 Å². The van der Waals surface area contributed by atoms with Crippen molar-refractivity contribution in [3.8, 4) is 23.1 Å². The quantitative estimate of drug-likeness (QED) is 0.199. The summed E-state index contributed by atoms with van der Waals surface area (Å²) < 4.78 is 7.10. The van der Waals surface area contributed by atoms with Gasteiger partial charge in [-0.15, -0.1) is 0 Å². The number of fused-ring (bicyclic) bond motifs is 10. The maximum absolute atomic E-state index is 9.99. The summed E-state index contributed by atoms with van der Waals surface area (Å²) in [6.45, 7) is 0. The van der Waals surface area contributed by atoms with E-state index in [1.807, 2.05) is 12.1 Å². The number of nitriles is 1. The van der Waals surface area contributed by atoms with E-state index in [0.29, 0.717) is 5.56 Å². The Hall–Kier alpha value is -6.57. The van der Waals surface area contributed by atoms with Gasteiger partial charge < -0.3 is 13.7 Å². The van der Waals surface area contributed by atoms with E-state index in [2.05, 4.69) is 165 Å². The molecule has 4 nitrogen and oxygen atoms in total.